The predicted molar refractivity (Wildman–Crippen MR) is 67.0 cm³/mol. The van der Waals surface area contributed by atoms with Crippen LogP contribution in [0.2, 0.25) is 0 Å². The first-order valence-corrected chi connectivity index (χ1v) is 7.08. The fraction of sp³-hybridized carbons (Fsp3) is 0.667. The summed E-state index contributed by atoms with van der Waals surface area (Å²) >= 11 is 3.11. The van der Waals surface area contributed by atoms with Gasteiger partial charge in [0.2, 0.25) is 11.0 Å². The van der Waals surface area contributed by atoms with Crippen LogP contribution in [0.25, 0.3) is 0 Å². The molecule has 0 bridgehead atoms. The second kappa shape index (κ2) is 5.60. The van der Waals surface area contributed by atoms with Crippen LogP contribution in [0.3, 0.4) is 0 Å². The van der Waals surface area contributed by atoms with Gasteiger partial charge in [0, 0.05) is 42.0 Å². The Bertz CT molecular complexity index is 362. The van der Waals surface area contributed by atoms with Gasteiger partial charge < -0.3 is 10.6 Å². The molecule has 1 aliphatic rings. The standard InChI is InChI=1S/C9H14N4OS2/c1-6-11-9(16-13-6)12-8(14)4-7-5-15-3-2-10-7/h7,10H,2-5H2,1H3,(H,11,12,13,14). The second-order valence-electron chi connectivity index (χ2n) is 3.63. The van der Waals surface area contributed by atoms with Gasteiger partial charge in [0.1, 0.15) is 5.82 Å². The molecule has 0 spiro atoms. The molecule has 1 saturated heterocycles. The molecule has 1 fully saturated rings. The van der Waals surface area contributed by atoms with Crippen molar-refractivity contribution in [1.29, 1.82) is 0 Å². The summed E-state index contributed by atoms with van der Waals surface area (Å²) in [5.41, 5.74) is 0. The number of carbonyl (C=O) groups is 1. The Labute approximate surface area is 103 Å². The van der Waals surface area contributed by atoms with Gasteiger partial charge in [0.05, 0.1) is 0 Å². The van der Waals surface area contributed by atoms with Crippen LogP contribution >= 0.6 is 23.3 Å². The topological polar surface area (TPSA) is 66.9 Å². The summed E-state index contributed by atoms with van der Waals surface area (Å²) in [4.78, 5) is 15.8. The van der Waals surface area contributed by atoms with Gasteiger partial charge in [-0.25, -0.2) is 4.98 Å². The number of hydrogen-bond acceptors (Lipinski definition) is 6. The number of carbonyl (C=O) groups excluding carboxylic acids is 1. The van der Waals surface area contributed by atoms with Crippen molar-refractivity contribution in [3.8, 4) is 0 Å². The van der Waals surface area contributed by atoms with Crippen molar-refractivity contribution in [3.63, 3.8) is 0 Å². The van der Waals surface area contributed by atoms with Crippen LogP contribution in [-0.2, 0) is 4.79 Å². The lowest BCUT2D eigenvalue weighted by Crippen LogP contribution is -2.39. The van der Waals surface area contributed by atoms with Crippen LogP contribution in [0.4, 0.5) is 5.13 Å². The third kappa shape index (κ3) is 3.43. The lowest BCUT2D eigenvalue weighted by atomic mass is 10.2. The van der Waals surface area contributed by atoms with Crippen molar-refractivity contribution in [1.82, 2.24) is 14.7 Å². The molecule has 5 nitrogen and oxygen atoms in total. The maximum atomic E-state index is 11.7. The van der Waals surface area contributed by atoms with Crippen molar-refractivity contribution in [2.24, 2.45) is 0 Å². The van der Waals surface area contributed by atoms with Gasteiger partial charge in [0.25, 0.3) is 0 Å². The monoisotopic (exact) mass is 258 g/mol. The first-order chi connectivity index (χ1) is 7.74. The lowest BCUT2D eigenvalue weighted by Gasteiger charge is -2.22. The zero-order valence-electron chi connectivity index (χ0n) is 9.02. The highest BCUT2D eigenvalue weighted by atomic mass is 32.2. The molecule has 0 aromatic carbocycles. The molecule has 88 valence electrons. The number of rotatable bonds is 3. The van der Waals surface area contributed by atoms with E-state index in [2.05, 4.69) is 20.0 Å². The van der Waals surface area contributed by atoms with E-state index in [0.717, 1.165) is 18.1 Å². The molecule has 0 radical (unpaired) electrons. The van der Waals surface area contributed by atoms with Gasteiger partial charge >= 0.3 is 0 Å². The molecule has 2 N–H and O–H groups in total. The number of thioether (sulfide) groups is 1. The minimum atomic E-state index is 0.0103. The Morgan fingerprint density at radius 1 is 1.69 bits per heavy atom. The van der Waals surface area contributed by atoms with Gasteiger partial charge in [0.15, 0.2) is 0 Å². The Balaban J connectivity index is 1.79. The van der Waals surface area contributed by atoms with Crippen LogP contribution in [0.5, 0.6) is 0 Å². The smallest absolute Gasteiger partial charge is 0.227 e. The van der Waals surface area contributed by atoms with Gasteiger partial charge in [-0.1, -0.05) is 0 Å². The number of aromatic nitrogens is 2. The Hall–Kier alpha value is -0.660. The molecule has 2 heterocycles. The third-order valence-electron chi connectivity index (χ3n) is 2.20. The number of anilines is 1. The highest BCUT2D eigenvalue weighted by Gasteiger charge is 2.17. The second-order valence-corrected chi connectivity index (χ2v) is 5.53. The van der Waals surface area contributed by atoms with Crippen LogP contribution in [0, 0.1) is 6.92 Å². The molecule has 1 aliphatic heterocycles. The van der Waals surface area contributed by atoms with Crippen molar-refractivity contribution in [3.05, 3.63) is 5.82 Å². The maximum Gasteiger partial charge on any atom is 0.227 e. The van der Waals surface area contributed by atoms with Crippen molar-refractivity contribution < 1.29 is 4.79 Å². The molecule has 2 rings (SSSR count). The molecule has 1 unspecified atom stereocenters. The van der Waals surface area contributed by atoms with Gasteiger partial charge in [-0.2, -0.15) is 16.1 Å². The molecule has 1 aromatic heterocycles. The molecule has 16 heavy (non-hydrogen) atoms. The van der Waals surface area contributed by atoms with Crippen LogP contribution in [0.1, 0.15) is 12.2 Å². The molecule has 1 aromatic rings. The summed E-state index contributed by atoms with van der Waals surface area (Å²) in [6.45, 7) is 2.80. The predicted octanol–water partition coefficient (Wildman–Crippen LogP) is 0.880. The van der Waals surface area contributed by atoms with Crippen molar-refractivity contribution >= 4 is 34.3 Å². The number of amides is 1. The van der Waals surface area contributed by atoms with E-state index in [1.165, 1.54) is 11.5 Å². The quantitative estimate of drug-likeness (QED) is 0.842. The van der Waals surface area contributed by atoms with Gasteiger partial charge in [-0.15, -0.1) is 0 Å². The first-order valence-electron chi connectivity index (χ1n) is 5.15. The van der Waals surface area contributed by atoms with E-state index in [4.69, 9.17) is 0 Å². The van der Waals surface area contributed by atoms with E-state index in [0.29, 0.717) is 17.4 Å². The van der Waals surface area contributed by atoms with E-state index < -0.39 is 0 Å². The van der Waals surface area contributed by atoms with E-state index >= 15 is 0 Å². The third-order valence-corrected chi connectivity index (χ3v) is 4.06. The van der Waals surface area contributed by atoms with Crippen LogP contribution in [-0.4, -0.2) is 39.4 Å². The number of hydrogen-bond donors (Lipinski definition) is 2. The molecule has 0 saturated carbocycles. The van der Waals surface area contributed by atoms with Crippen LogP contribution < -0.4 is 10.6 Å². The summed E-state index contributed by atoms with van der Waals surface area (Å²) < 4.78 is 4.01. The van der Waals surface area contributed by atoms with E-state index in [1.54, 1.807) is 0 Å². The number of nitrogens with zero attached hydrogens (tertiary/aromatic N) is 2. The van der Waals surface area contributed by atoms with Gasteiger partial charge in [-0.3, -0.25) is 4.79 Å². The maximum absolute atomic E-state index is 11.7. The highest BCUT2D eigenvalue weighted by Crippen LogP contribution is 2.13. The Kier molecular flexibility index (Phi) is 4.14. The largest absolute Gasteiger partial charge is 0.312 e. The van der Waals surface area contributed by atoms with Crippen LogP contribution in [0.15, 0.2) is 0 Å². The molecule has 1 atom stereocenters. The Morgan fingerprint density at radius 2 is 2.56 bits per heavy atom. The van der Waals surface area contributed by atoms with Gasteiger partial charge in [-0.05, 0) is 6.92 Å². The summed E-state index contributed by atoms with van der Waals surface area (Å²) in [5.74, 6) is 2.85. The molecular formula is C9H14N4OS2. The van der Waals surface area contributed by atoms with E-state index in [-0.39, 0.29) is 11.9 Å². The summed E-state index contributed by atoms with van der Waals surface area (Å²) in [6.07, 6.45) is 0.506. The van der Waals surface area contributed by atoms with E-state index in [9.17, 15) is 4.79 Å². The number of aryl methyl sites for hydroxylation is 1. The Morgan fingerprint density at radius 3 is 3.19 bits per heavy atom. The average molecular weight is 258 g/mol. The molecule has 1 amide bonds. The average Bonchev–Trinajstić information content (AvgIpc) is 2.65. The minimum Gasteiger partial charge on any atom is -0.312 e. The minimum absolute atomic E-state index is 0.0103. The zero-order valence-corrected chi connectivity index (χ0v) is 10.7. The van der Waals surface area contributed by atoms with E-state index in [1.807, 2.05) is 18.7 Å². The van der Waals surface area contributed by atoms with Crippen molar-refractivity contribution in [2.75, 3.05) is 23.4 Å². The fourth-order valence-electron chi connectivity index (χ4n) is 1.49. The fourth-order valence-corrected chi connectivity index (χ4v) is 3.03. The lowest BCUT2D eigenvalue weighted by molar-refractivity contribution is -0.116. The normalized spacial score (nSPS) is 20.7. The van der Waals surface area contributed by atoms with Crippen molar-refractivity contribution in [2.45, 2.75) is 19.4 Å². The molecule has 7 heteroatoms. The number of nitrogens with one attached hydrogen (secondary N) is 2. The summed E-state index contributed by atoms with van der Waals surface area (Å²) in [6, 6.07) is 0.285. The summed E-state index contributed by atoms with van der Waals surface area (Å²) in [5, 5.41) is 6.68. The first kappa shape index (κ1) is 11.8. The SMILES string of the molecule is Cc1nsc(NC(=O)CC2CSCCN2)n1. The summed E-state index contributed by atoms with van der Waals surface area (Å²) in [7, 11) is 0. The zero-order chi connectivity index (χ0) is 11.4. The highest BCUT2D eigenvalue weighted by molar-refractivity contribution is 7.99. The molecular weight excluding hydrogens is 244 g/mol. The molecule has 0 aliphatic carbocycles.